The zero-order valence-corrected chi connectivity index (χ0v) is 13.2. The summed E-state index contributed by atoms with van der Waals surface area (Å²) in [5.74, 6) is 1.85. The molecule has 1 aliphatic heterocycles. The molecule has 0 spiro atoms. The maximum absolute atomic E-state index is 11.8. The summed E-state index contributed by atoms with van der Waals surface area (Å²) >= 11 is 0. The molecule has 0 amide bonds. The van der Waals surface area contributed by atoms with Crippen molar-refractivity contribution in [1.82, 2.24) is 5.32 Å². The topological polar surface area (TPSA) is 55.4 Å². The van der Waals surface area contributed by atoms with Crippen LogP contribution in [-0.2, 0) is 9.84 Å². The van der Waals surface area contributed by atoms with Gasteiger partial charge in [-0.15, -0.1) is 0 Å². The Morgan fingerprint density at radius 2 is 1.95 bits per heavy atom. The Labute approximate surface area is 126 Å². The molecule has 1 saturated carbocycles. The first-order chi connectivity index (χ1) is 10.1. The van der Waals surface area contributed by atoms with E-state index < -0.39 is 9.84 Å². The van der Waals surface area contributed by atoms with E-state index in [2.05, 4.69) is 17.4 Å². The van der Waals surface area contributed by atoms with Crippen LogP contribution < -0.4 is 10.1 Å². The molecule has 2 aliphatic rings. The van der Waals surface area contributed by atoms with E-state index in [1.54, 1.807) is 7.11 Å². The molecule has 0 aromatic heterocycles. The van der Waals surface area contributed by atoms with Crippen LogP contribution in [0.3, 0.4) is 0 Å². The highest BCUT2D eigenvalue weighted by Gasteiger charge is 2.34. The molecular formula is C16H23NO3S. The van der Waals surface area contributed by atoms with E-state index in [1.165, 1.54) is 5.56 Å². The maximum Gasteiger partial charge on any atom is 0.154 e. The van der Waals surface area contributed by atoms with Crippen LogP contribution >= 0.6 is 0 Å². The summed E-state index contributed by atoms with van der Waals surface area (Å²) in [6.07, 6.45) is 3.84. The molecule has 1 aromatic carbocycles. The van der Waals surface area contributed by atoms with Gasteiger partial charge < -0.3 is 10.1 Å². The average molecular weight is 309 g/mol. The van der Waals surface area contributed by atoms with Crippen molar-refractivity contribution in [2.24, 2.45) is 0 Å². The molecule has 1 aliphatic carbocycles. The van der Waals surface area contributed by atoms with Gasteiger partial charge in [-0.3, -0.25) is 0 Å². The molecule has 1 N–H and O–H groups in total. The van der Waals surface area contributed by atoms with E-state index in [4.69, 9.17) is 4.74 Å². The minimum absolute atomic E-state index is 0.155. The Hall–Kier alpha value is -1.07. The highest BCUT2D eigenvalue weighted by atomic mass is 32.2. The van der Waals surface area contributed by atoms with Crippen molar-refractivity contribution in [3.63, 3.8) is 0 Å². The lowest BCUT2D eigenvalue weighted by Gasteiger charge is -2.37. The van der Waals surface area contributed by atoms with Gasteiger partial charge >= 0.3 is 0 Å². The van der Waals surface area contributed by atoms with Crippen LogP contribution in [0.5, 0.6) is 5.75 Å². The lowest BCUT2D eigenvalue weighted by atomic mass is 9.76. The van der Waals surface area contributed by atoms with E-state index in [9.17, 15) is 8.42 Å². The van der Waals surface area contributed by atoms with E-state index in [1.807, 2.05) is 12.1 Å². The van der Waals surface area contributed by atoms with Gasteiger partial charge in [-0.05, 0) is 49.3 Å². The van der Waals surface area contributed by atoms with Crippen molar-refractivity contribution in [1.29, 1.82) is 0 Å². The fourth-order valence-electron chi connectivity index (χ4n) is 3.32. The number of hydrogen-bond acceptors (Lipinski definition) is 4. The molecule has 1 saturated heterocycles. The third-order valence-corrected chi connectivity index (χ3v) is 7.10. The molecule has 0 radical (unpaired) electrons. The monoisotopic (exact) mass is 309 g/mol. The Bertz CT molecular complexity index is 576. The first-order valence-corrected chi connectivity index (χ1v) is 9.39. The fourth-order valence-corrected chi connectivity index (χ4v) is 5.10. The summed E-state index contributed by atoms with van der Waals surface area (Å²) in [4.78, 5) is 0. The van der Waals surface area contributed by atoms with Gasteiger partial charge in [0.2, 0.25) is 0 Å². The Kier molecular flexibility index (Phi) is 4.22. The normalized spacial score (nSPS) is 30.8. The van der Waals surface area contributed by atoms with Crippen molar-refractivity contribution in [2.45, 2.75) is 42.9 Å². The molecule has 1 unspecified atom stereocenters. The molecule has 116 valence electrons. The van der Waals surface area contributed by atoms with E-state index >= 15 is 0 Å². The van der Waals surface area contributed by atoms with Crippen molar-refractivity contribution >= 4 is 9.84 Å². The predicted octanol–water partition coefficient (Wildman–Crippen LogP) is 2.11. The van der Waals surface area contributed by atoms with Crippen molar-refractivity contribution in [3.05, 3.63) is 29.8 Å². The number of methoxy groups -OCH3 is 1. The molecule has 5 heteroatoms. The van der Waals surface area contributed by atoms with Crippen molar-refractivity contribution in [3.8, 4) is 5.75 Å². The SMILES string of the molecule is COc1ccc(C2CC(NCC3CCCS3(=O)=O)C2)cc1. The van der Waals surface area contributed by atoms with Gasteiger partial charge in [0.1, 0.15) is 5.75 Å². The first kappa shape index (κ1) is 14.9. The first-order valence-electron chi connectivity index (χ1n) is 7.67. The van der Waals surface area contributed by atoms with Gasteiger partial charge in [0.05, 0.1) is 18.1 Å². The van der Waals surface area contributed by atoms with E-state index in [0.29, 0.717) is 24.3 Å². The molecule has 3 rings (SSSR count). The number of hydrogen-bond donors (Lipinski definition) is 1. The zero-order valence-electron chi connectivity index (χ0n) is 12.4. The fraction of sp³-hybridized carbons (Fsp3) is 0.625. The van der Waals surface area contributed by atoms with Gasteiger partial charge in [0, 0.05) is 12.6 Å². The molecule has 4 nitrogen and oxygen atoms in total. The largest absolute Gasteiger partial charge is 0.497 e. The molecule has 21 heavy (non-hydrogen) atoms. The van der Waals surface area contributed by atoms with Crippen molar-refractivity contribution < 1.29 is 13.2 Å². The molecular weight excluding hydrogens is 286 g/mol. The summed E-state index contributed by atoms with van der Waals surface area (Å²) in [6.45, 7) is 0.627. The minimum atomic E-state index is -2.82. The van der Waals surface area contributed by atoms with Gasteiger partial charge in [-0.25, -0.2) is 8.42 Å². The Morgan fingerprint density at radius 3 is 2.52 bits per heavy atom. The van der Waals surface area contributed by atoms with Gasteiger partial charge in [-0.1, -0.05) is 12.1 Å². The minimum Gasteiger partial charge on any atom is -0.497 e. The number of ether oxygens (including phenoxy) is 1. The van der Waals surface area contributed by atoms with Gasteiger partial charge in [0.15, 0.2) is 9.84 Å². The van der Waals surface area contributed by atoms with Gasteiger partial charge in [0.25, 0.3) is 0 Å². The average Bonchev–Trinajstić information content (AvgIpc) is 2.77. The standard InChI is InChI=1S/C16H23NO3S/c1-20-15-6-4-12(5-7-15)13-9-14(10-13)17-11-16-3-2-8-21(16,18)19/h4-7,13-14,16-17H,2-3,8-11H2,1H3. The summed E-state index contributed by atoms with van der Waals surface area (Å²) in [5, 5.41) is 3.28. The lowest BCUT2D eigenvalue weighted by molar-refractivity contribution is 0.290. The zero-order chi connectivity index (χ0) is 14.9. The number of nitrogens with one attached hydrogen (secondary N) is 1. The number of sulfone groups is 1. The number of benzene rings is 1. The summed E-state index contributed by atoms with van der Waals surface area (Å²) < 4.78 is 28.7. The highest BCUT2D eigenvalue weighted by molar-refractivity contribution is 7.92. The van der Waals surface area contributed by atoms with E-state index in [0.717, 1.165) is 31.4 Å². The van der Waals surface area contributed by atoms with Crippen LogP contribution in [-0.4, -0.2) is 39.1 Å². The Balaban J connectivity index is 1.45. The summed E-state index contributed by atoms with van der Waals surface area (Å²) in [6, 6.07) is 8.72. The molecule has 0 bridgehead atoms. The third-order valence-electron chi connectivity index (χ3n) is 4.82. The molecule has 1 heterocycles. The van der Waals surface area contributed by atoms with Crippen LogP contribution in [0.2, 0.25) is 0 Å². The van der Waals surface area contributed by atoms with Crippen LogP contribution in [0.4, 0.5) is 0 Å². The van der Waals surface area contributed by atoms with Crippen molar-refractivity contribution in [2.75, 3.05) is 19.4 Å². The highest BCUT2D eigenvalue weighted by Crippen LogP contribution is 2.37. The smallest absolute Gasteiger partial charge is 0.154 e. The number of rotatable bonds is 5. The predicted molar refractivity (Wildman–Crippen MR) is 83.6 cm³/mol. The van der Waals surface area contributed by atoms with Gasteiger partial charge in [-0.2, -0.15) is 0 Å². The van der Waals surface area contributed by atoms with Crippen LogP contribution in [0.25, 0.3) is 0 Å². The van der Waals surface area contributed by atoms with Crippen LogP contribution in [0.1, 0.15) is 37.2 Å². The second kappa shape index (κ2) is 5.97. The van der Waals surface area contributed by atoms with E-state index in [-0.39, 0.29) is 5.25 Å². The quantitative estimate of drug-likeness (QED) is 0.905. The lowest BCUT2D eigenvalue weighted by Crippen LogP contribution is -2.44. The second-order valence-electron chi connectivity index (χ2n) is 6.18. The maximum atomic E-state index is 11.8. The summed E-state index contributed by atoms with van der Waals surface area (Å²) in [5.41, 5.74) is 1.35. The Morgan fingerprint density at radius 1 is 1.24 bits per heavy atom. The van der Waals surface area contributed by atoms with Crippen LogP contribution in [0, 0.1) is 0 Å². The third kappa shape index (κ3) is 3.24. The second-order valence-corrected chi connectivity index (χ2v) is 8.58. The van der Waals surface area contributed by atoms with Crippen LogP contribution in [0.15, 0.2) is 24.3 Å². The summed E-state index contributed by atoms with van der Waals surface area (Å²) in [7, 11) is -1.14. The molecule has 1 atom stereocenters. The molecule has 1 aromatic rings. The molecule has 2 fully saturated rings.